The normalized spacial score (nSPS) is 38.6. The lowest BCUT2D eigenvalue weighted by molar-refractivity contribution is -0.191. The molecular weight excluding hydrogens is 475 g/mol. The van der Waals surface area contributed by atoms with Crippen LogP contribution in [0.15, 0.2) is 16.4 Å². The molecule has 4 bridgehead atoms. The summed E-state index contributed by atoms with van der Waals surface area (Å²) in [4.78, 5) is 23.4. The van der Waals surface area contributed by atoms with Crippen LogP contribution in [0.2, 0.25) is 0 Å². The molecule has 0 aromatic carbocycles. The van der Waals surface area contributed by atoms with Crippen LogP contribution >= 0.6 is 0 Å². The maximum atomic E-state index is 13.7. The van der Waals surface area contributed by atoms with Crippen molar-refractivity contribution in [2.75, 3.05) is 59.5 Å². The van der Waals surface area contributed by atoms with Crippen LogP contribution in [0.4, 0.5) is 13.2 Å². The van der Waals surface area contributed by atoms with E-state index in [2.05, 4.69) is 37.8 Å². The summed E-state index contributed by atoms with van der Waals surface area (Å²) in [5.74, 6) is -0.00957. The number of piperazine rings is 1. The number of alkyl halides is 3. The van der Waals surface area contributed by atoms with E-state index in [1.165, 1.54) is 0 Å². The maximum absolute atomic E-state index is 13.7. The van der Waals surface area contributed by atoms with Gasteiger partial charge in [-0.3, -0.25) is 20.0 Å². The standard InChI is InChI=1S/C24H36F3N7O2/c1-32-5-7-33(8-6-32)23-13-22(14-23,15-23)31-21-29-10-18(24(25,26)27)19(30-21)28-3-2-4-34-17-9-16(20(34)35)11-36-12-17/h10,16-17,21,28,30-31H,2-9,11-15H2,1H3. The first-order valence-corrected chi connectivity index (χ1v) is 13.1. The van der Waals surface area contributed by atoms with Crippen molar-refractivity contribution in [1.29, 1.82) is 0 Å². The van der Waals surface area contributed by atoms with E-state index in [-0.39, 0.29) is 34.8 Å². The van der Waals surface area contributed by atoms with Crippen LogP contribution < -0.4 is 16.0 Å². The average molecular weight is 512 g/mol. The van der Waals surface area contributed by atoms with Crippen molar-refractivity contribution in [2.24, 2.45) is 10.9 Å². The van der Waals surface area contributed by atoms with E-state index in [4.69, 9.17) is 4.74 Å². The number of nitrogens with zero attached hydrogens (tertiary/aromatic N) is 4. The maximum Gasteiger partial charge on any atom is 0.421 e. The summed E-state index contributed by atoms with van der Waals surface area (Å²) in [5, 5.41) is 9.37. The molecular formula is C24H36F3N7O2. The Hall–Kier alpha value is -1.89. The van der Waals surface area contributed by atoms with Gasteiger partial charge in [0.1, 0.15) is 11.4 Å². The second-order valence-corrected chi connectivity index (χ2v) is 11.5. The zero-order chi connectivity index (χ0) is 25.1. The van der Waals surface area contributed by atoms with Crippen LogP contribution in [0.3, 0.4) is 0 Å². The number of carbonyl (C=O) groups excluding carboxylic acids is 1. The number of likely N-dealkylation sites (tertiary alicyclic amines) is 1. The van der Waals surface area contributed by atoms with Gasteiger partial charge in [0, 0.05) is 56.6 Å². The molecule has 200 valence electrons. The van der Waals surface area contributed by atoms with E-state index < -0.39 is 18.0 Å². The number of fused-ring (bicyclic) bond motifs is 2. The Kier molecular flexibility index (Phi) is 6.01. The number of hydrogen-bond acceptors (Lipinski definition) is 8. The predicted molar refractivity (Wildman–Crippen MR) is 127 cm³/mol. The molecule has 3 saturated carbocycles. The number of aliphatic imine (C=N–C) groups is 1. The minimum Gasteiger partial charge on any atom is -0.378 e. The van der Waals surface area contributed by atoms with Gasteiger partial charge in [-0.25, -0.2) is 0 Å². The fourth-order valence-corrected chi connectivity index (χ4v) is 7.06. The Balaban J connectivity index is 1.01. The number of allylic oxidation sites excluding steroid dienone is 1. The summed E-state index contributed by atoms with van der Waals surface area (Å²) >= 11 is 0. The number of carbonyl (C=O) groups is 1. The Morgan fingerprint density at radius 3 is 2.64 bits per heavy atom. The number of likely N-dealkylation sites (N-methyl/N-ethyl adjacent to an activating group) is 1. The summed E-state index contributed by atoms with van der Waals surface area (Å²) in [6.07, 6.45) is 0.259. The fraction of sp³-hybridized carbons (Fsp3) is 0.833. The van der Waals surface area contributed by atoms with Gasteiger partial charge in [0.05, 0.1) is 25.2 Å². The molecule has 9 nitrogen and oxygen atoms in total. The van der Waals surface area contributed by atoms with E-state index in [1.807, 2.05) is 4.90 Å². The summed E-state index contributed by atoms with van der Waals surface area (Å²) in [5.41, 5.74) is -0.583. The van der Waals surface area contributed by atoms with Gasteiger partial charge in [0.15, 0.2) is 6.29 Å². The smallest absolute Gasteiger partial charge is 0.378 e. The van der Waals surface area contributed by atoms with Crippen LogP contribution in [0.25, 0.3) is 0 Å². The molecule has 12 heteroatoms. The van der Waals surface area contributed by atoms with Crippen molar-refractivity contribution >= 4 is 12.1 Å². The number of amides is 1. The lowest BCUT2D eigenvalue weighted by Crippen LogP contribution is -2.85. The summed E-state index contributed by atoms with van der Waals surface area (Å²) in [6.45, 7) is 6.17. The number of hydrogen-bond donors (Lipinski definition) is 3. The molecule has 3 atom stereocenters. The molecule has 3 saturated heterocycles. The highest BCUT2D eigenvalue weighted by molar-refractivity contribution is 5.82. The molecule has 0 radical (unpaired) electrons. The highest BCUT2D eigenvalue weighted by atomic mass is 19.4. The third-order valence-corrected chi connectivity index (χ3v) is 8.96. The van der Waals surface area contributed by atoms with Gasteiger partial charge in [-0.1, -0.05) is 0 Å². The zero-order valence-electron chi connectivity index (χ0n) is 20.7. The first-order chi connectivity index (χ1) is 17.2. The SMILES string of the molecule is CN1CCN(C23CC(NC4N=CC(C(F)(F)F)=C(NCCCN5C(=O)C6COCC5C6)N4)(C2)C3)CC1. The van der Waals surface area contributed by atoms with Crippen LogP contribution in [0, 0.1) is 5.92 Å². The highest BCUT2D eigenvalue weighted by Crippen LogP contribution is 2.63. The van der Waals surface area contributed by atoms with Crippen LogP contribution in [-0.4, -0.2) is 116 Å². The molecule has 3 aliphatic carbocycles. The van der Waals surface area contributed by atoms with E-state index in [1.54, 1.807) is 0 Å². The van der Waals surface area contributed by atoms with Crippen molar-refractivity contribution < 1.29 is 22.7 Å². The van der Waals surface area contributed by atoms with Crippen molar-refractivity contribution in [3.05, 3.63) is 11.4 Å². The minimum atomic E-state index is -4.51. The first kappa shape index (κ1) is 24.4. The Labute approximate surface area is 209 Å². The highest BCUT2D eigenvalue weighted by Gasteiger charge is 2.70. The van der Waals surface area contributed by atoms with E-state index >= 15 is 0 Å². The van der Waals surface area contributed by atoms with Gasteiger partial charge in [0.25, 0.3) is 0 Å². The first-order valence-electron chi connectivity index (χ1n) is 13.1. The average Bonchev–Trinajstić information content (AvgIpc) is 3.00. The molecule has 7 rings (SSSR count). The number of halogens is 3. The van der Waals surface area contributed by atoms with Crippen LogP contribution in [0.1, 0.15) is 32.1 Å². The second-order valence-electron chi connectivity index (χ2n) is 11.5. The summed E-state index contributed by atoms with van der Waals surface area (Å²) < 4.78 is 46.4. The summed E-state index contributed by atoms with van der Waals surface area (Å²) in [7, 11) is 2.15. The second kappa shape index (κ2) is 8.85. The molecule has 0 aromatic heterocycles. The number of nitrogens with one attached hydrogen (secondary N) is 3. The topological polar surface area (TPSA) is 84.5 Å². The van der Waals surface area contributed by atoms with Crippen molar-refractivity contribution in [1.82, 2.24) is 30.7 Å². The van der Waals surface area contributed by atoms with Crippen molar-refractivity contribution in [2.45, 2.75) is 61.7 Å². The molecule has 7 aliphatic rings. The molecule has 0 spiro atoms. The molecule has 4 aliphatic heterocycles. The lowest BCUT2D eigenvalue weighted by Gasteiger charge is -2.75. The van der Waals surface area contributed by atoms with Gasteiger partial charge in [0.2, 0.25) is 5.91 Å². The van der Waals surface area contributed by atoms with Gasteiger partial charge in [-0.15, -0.1) is 0 Å². The molecule has 36 heavy (non-hydrogen) atoms. The van der Waals surface area contributed by atoms with Crippen LogP contribution in [-0.2, 0) is 9.53 Å². The quantitative estimate of drug-likeness (QED) is 0.409. The Morgan fingerprint density at radius 1 is 1.19 bits per heavy atom. The summed E-state index contributed by atoms with van der Waals surface area (Å²) in [6, 6.07) is 0.0943. The van der Waals surface area contributed by atoms with E-state index in [9.17, 15) is 18.0 Å². The largest absolute Gasteiger partial charge is 0.421 e. The number of rotatable bonds is 8. The molecule has 4 heterocycles. The number of ether oxygens (including phenoxy) is 1. The Morgan fingerprint density at radius 2 is 1.94 bits per heavy atom. The minimum absolute atomic E-state index is 0.0464. The zero-order valence-corrected chi connectivity index (χ0v) is 20.7. The van der Waals surface area contributed by atoms with Gasteiger partial charge < -0.3 is 25.2 Å². The predicted octanol–water partition coefficient (Wildman–Crippen LogP) is 0.457. The van der Waals surface area contributed by atoms with E-state index in [0.29, 0.717) is 32.7 Å². The van der Waals surface area contributed by atoms with Crippen molar-refractivity contribution in [3.8, 4) is 0 Å². The van der Waals surface area contributed by atoms with E-state index in [0.717, 1.165) is 58.1 Å². The van der Waals surface area contributed by atoms with Gasteiger partial charge in [-0.2, -0.15) is 13.2 Å². The van der Waals surface area contributed by atoms with Gasteiger partial charge in [-0.05, 0) is 39.2 Å². The lowest BCUT2D eigenvalue weighted by atomic mass is 9.43. The third-order valence-electron chi connectivity index (χ3n) is 8.96. The fourth-order valence-electron chi connectivity index (χ4n) is 7.06. The molecule has 0 aromatic rings. The van der Waals surface area contributed by atoms with Crippen molar-refractivity contribution in [3.63, 3.8) is 0 Å². The van der Waals surface area contributed by atoms with Gasteiger partial charge >= 0.3 is 6.18 Å². The molecule has 1 amide bonds. The Bertz CT molecular complexity index is 927. The monoisotopic (exact) mass is 511 g/mol. The molecule has 6 fully saturated rings. The molecule has 3 N–H and O–H groups in total. The van der Waals surface area contributed by atoms with Crippen LogP contribution in [0.5, 0.6) is 0 Å². The molecule has 3 unspecified atom stereocenters. The third kappa shape index (κ3) is 4.29.